The van der Waals surface area contributed by atoms with Gasteiger partial charge in [0.15, 0.2) is 0 Å². The van der Waals surface area contributed by atoms with Crippen LogP contribution in [0.4, 0.5) is 0 Å². The summed E-state index contributed by atoms with van der Waals surface area (Å²) >= 11 is 0. The van der Waals surface area contributed by atoms with Gasteiger partial charge in [0.05, 0.1) is 12.3 Å². The molecule has 4 heteroatoms. The Bertz CT molecular complexity index is 158. The Balaban J connectivity index is 2.48. The molecule has 0 atom stereocenters. The summed E-state index contributed by atoms with van der Waals surface area (Å²) in [6.45, 7) is 2.63. The number of hydrogen-bond acceptors (Lipinski definition) is 4. The fraction of sp³-hybridized carbons (Fsp3) is 0.600. The molecule has 9 heavy (non-hydrogen) atoms. The van der Waals surface area contributed by atoms with E-state index in [1.165, 1.54) is 0 Å². The smallest absolute Gasteiger partial charge is 0.212 e. The average molecular weight is 126 g/mol. The molecule has 4 nitrogen and oxygen atoms in total. The Morgan fingerprint density at radius 1 is 1.67 bits per heavy atom. The minimum Gasteiger partial charge on any atom is -0.358 e. The summed E-state index contributed by atoms with van der Waals surface area (Å²) in [5, 5.41) is 6.81. The predicted octanol–water partition coefficient (Wildman–Crippen LogP) is -0.459. The number of rotatable bonds is 0. The van der Waals surface area contributed by atoms with Crippen molar-refractivity contribution in [3.63, 3.8) is 0 Å². The molecule has 1 aliphatic heterocycles. The van der Waals surface area contributed by atoms with Gasteiger partial charge in [-0.15, -0.1) is 0 Å². The maximum atomic E-state index is 4.09. The van der Waals surface area contributed by atoms with Crippen LogP contribution in [-0.2, 0) is 0 Å². The molecule has 1 aliphatic rings. The third kappa shape index (κ3) is 1.42. The van der Waals surface area contributed by atoms with E-state index in [1.54, 1.807) is 0 Å². The first kappa shape index (κ1) is 6.07. The van der Waals surface area contributed by atoms with Gasteiger partial charge in [0.1, 0.15) is 0 Å². The van der Waals surface area contributed by atoms with E-state index in [4.69, 9.17) is 0 Å². The Morgan fingerprint density at radius 3 is 2.89 bits per heavy atom. The van der Waals surface area contributed by atoms with Gasteiger partial charge in [-0.1, -0.05) is 0 Å². The molecule has 1 heterocycles. The number of aliphatic imine (C=N–C) groups is 1. The second-order valence-corrected chi connectivity index (χ2v) is 1.87. The van der Waals surface area contributed by atoms with Gasteiger partial charge in [0.2, 0.25) is 5.96 Å². The molecule has 0 spiro atoms. The fourth-order valence-corrected chi connectivity index (χ4v) is 0.548. The topological polar surface area (TPSA) is 48.8 Å². The van der Waals surface area contributed by atoms with Crippen molar-refractivity contribution < 1.29 is 0 Å². The average Bonchev–Trinajstić information content (AvgIpc) is 1.90. The maximum absolute atomic E-state index is 4.09. The number of guanidine groups is 1. The number of hydrogen-bond donors (Lipinski definition) is 2. The summed E-state index contributed by atoms with van der Waals surface area (Å²) < 4.78 is 0. The molecule has 0 aromatic carbocycles. The Labute approximate surface area is 54.1 Å². The summed E-state index contributed by atoms with van der Waals surface area (Å²) in [7, 11) is 1.81. The fourth-order valence-electron chi connectivity index (χ4n) is 0.548. The lowest BCUT2D eigenvalue weighted by Gasteiger charge is -2.09. The van der Waals surface area contributed by atoms with Crippen LogP contribution in [0.3, 0.4) is 0 Å². The lowest BCUT2D eigenvalue weighted by atomic mass is 10.4. The van der Waals surface area contributed by atoms with Gasteiger partial charge in [0.25, 0.3) is 0 Å². The summed E-state index contributed by atoms with van der Waals surface area (Å²) in [4.78, 5) is 4.09. The zero-order valence-electron chi connectivity index (χ0n) is 5.60. The third-order valence-electron chi connectivity index (χ3n) is 1.06. The van der Waals surface area contributed by atoms with Gasteiger partial charge in [-0.25, -0.2) is 10.4 Å². The molecule has 0 radical (unpaired) electrons. The Morgan fingerprint density at radius 2 is 2.44 bits per heavy atom. The molecule has 2 N–H and O–H groups in total. The van der Waals surface area contributed by atoms with Gasteiger partial charge in [-0.3, -0.25) is 0 Å². The first-order chi connectivity index (χ1) is 4.33. The lowest BCUT2D eigenvalue weighted by molar-refractivity contribution is 0.898. The minimum atomic E-state index is 0.698. The predicted molar refractivity (Wildman–Crippen MR) is 37.6 cm³/mol. The third-order valence-corrected chi connectivity index (χ3v) is 1.06. The molecule has 0 saturated carbocycles. The van der Waals surface area contributed by atoms with Crippen molar-refractivity contribution in [2.45, 2.75) is 6.92 Å². The van der Waals surface area contributed by atoms with Crippen LogP contribution >= 0.6 is 0 Å². The van der Waals surface area contributed by atoms with Crippen molar-refractivity contribution >= 4 is 11.7 Å². The summed E-state index contributed by atoms with van der Waals surface area (Å²) in [5.74, 6) is 0.737. The molecule has 0 unspecified atom stereocenters. The van der Waals surface area contributed by atoms with E-state index >= 15 is 0 Å². The van der Waals surface area contributed by atoms with Gasteiger partial charge in [0, 0.05) is 7.05 Å². The number of nitrogens with one attached hydrogen (secondary N) is 2. The minimum absolute atomic E-state index is 0.698. The number of nitrogens with zero attached hydrogens (tertiary/aromatic N) is 2. The van der Waals surface area contributed by atoms with Crippen LogP contribution in [-0.4, -0.2) is 25.3 Å². The standard InChI is InChI=1S/C5H10N4/c1-4-3-7-5(6-2)9-8-4/h3H2,1-2H3,(H2,6,7,9). The highest BCUT2D eigenvalue weighted by Gasteiger charge is 1.99. The molecular formula is C5H10N4. The van der Waals surface area contributed by atoms with Gasteiger partial charge < -0.3 is 5.32 Å². The molecule has 0 fully saturated rings. The van der Waals surface area contributed by atoms with E-state index in [2.05, 4.69) is 20.8 Å². The van der Waals surface area contributed by atoms with Crippen molar-refractivity contribution in [3.05, 3.63) is 0 Å². The monoisotopic (exact) mass is 126 g/mol. The molecule has 0 bridgehead atoms. The van der Waals surface area contributed by atoms with Crippen LogP contribution < -0.4 is 10.7 Å². The summed E-state index contributed by atoms with van der Waals surface area (Å²) in [6.07, 6.45) is 0. The van der Waals surface area contributed by atoms with Crippen molar-refractivity contribution in [2.24, 2.45) is 10.1 Å². The van der Waals surface area contributed by atoms with Crippen LogP contribution in [0, 0.1) is 0 Å². The Kier molecular flexibility index (Phi) is 1.67. The van der Waals surface area contributed by atoms with E-state index in [0.29, 0.717) is 6.54 Å². The van der Waals surface area contributed by atoms with Gasteiger partial charge in [-0.2, -0.15) is 5.10 Å². The van der Waals surface area contributed by atoms with E-state index in [-0.39, 0.29) is 0 Å². The lowest BCUT2D eigenvalue weighted by Crippen LogP contribution is -2.35. The second kappa shape index (κ2) is 2.48. The summed E-state index contributed by atoms with van der Waals surface area (Å²) in [5.41, 5.74) is 3.75. The molecule has 1 rings (SSSR count). The van der Waals surface area contributed by atoms with Crippen molar-refractivity contribution in [2.75, 3.05) is 13.6 Å². The largest absolute Gasteiger partial charge is 0.358 e. The highest BCUT2D eigenvalue weighted by atomic mass is 15.4. The second-order valence-electron chi connectivity index (χ2n) is 1.87. The van der Waals surface area contributed by atoms with Gasteiger partial charge >= 0.3 is 0 Å². The van der Waals surface area contributed by atoms with Crippen LogP contribution in [0.15, 0.2) is 10.1 Å². The molecular weight excluding hydrogens is 116 g/mol. The first-order valence-electron chi connectivity index (χ1n) is 2.84. The molecule has 0 amide bonds. The molecule has 0 aliphatic carbocycles. The molecule has 0 saturated heterocycles. The van der Waals surface area contributed by atoms with Gasteiger partial charge in [-0.05, 0) is 6.92 Å². The maximum Gasteiger partial charge on any atom is 0.212 e. The SMILES string of the molecule is CNC1=NCC(C)=NN1. The highest BCUT2D eigenvalue weighted by molar-refractivity contribution is 5.91. The van der Waals surface area contributed by atoms with Crippen molar-refractivity contribution in [3.8, 4) is 0 Å². The van der Waals surface area contributed by atoms with E-state index < -0.39 is 0 Å². The van der Waals surface area contributed by atoms with Crippen LogP contribution in [0.5, 0.6) is 0 Å². The normalized spacial score (nSPS) is 17.6. The zero-order chi connectivity index (χ0) is 6.69. The zero-order valence-corrected chi connectivity index (χ0v) is 5.60. The van der Waals surface area contributed by atoms with E-state index in [9.17, 15) is 0 Å². The van der Waals surface area contributed by atoms with Crippen molar-refractivity contribution in [1.82, 2.24) is 10.7 Å². The van der Waals surface area contributed by atoms with Crippen LogP contribution in [0.25, 0.3) is 0 Å². The molecule has 0 aromatic heterocycles. The van der Waals surface area contributed by atoms with Crippen LogP contribution in [0.2, 0.25) is 0 Å². The highest BCUT2D eigenvalue weighted by Crippen LogP contribution is 1.83. The van der Waals surface area contributed by atoms with E-state index in [0.717, 1.165) is 11.7 Å². The summed E-state index contributed by atoms with van der Waals surface area (Å²) in [6, 6.07) is 0. The van der Waals surface area contributed by atoms with E-state index in [1.807, 2.05) is 14.0 Å². The van der Waals surface area contributed by atoms with Crippen LogP contribution in [0.1, 0.15) is 6.92 Å². The molecule has 50 valence electrons. The first-order valence-corrected chi connectivity index (χ1v) is 2.84. The Hall–Kier alpha value is -1.06. The van der Waals surface area contributed by atoms with Crippen molar-refractivity contribution in [1.29, 1.82) is 0 Å². The molecule has 0 aromatic rings. The quantitative estimate of drug-likeness (QED) is 0.461. The number of hydrazone groups is 1.